The van der Waals surface area contributed by atoms with Gasteiger partial charge in [-0.25, -0.2) is 0 Å². The molecular formula is C10H18Zn. The first-order valence-corrected chi connectivity index (χ1v) is 3.41. The van der Waals surface area contributed by atoms with E-state index in [1.54, 1.807) is 0 Å². The zero-order valence-corrected chi connectivity index (χ0v) is 10.9. The van der Waals surface area contributed by atoms with Gasteiger partial charge in [-0.3, -0.25) is 0 Å². The summed E-state index contributed by atoms with van der Waals surface area (Å²) in [6.45, 7) is 18.3. The van der Waals surface area contributed by atoms with Crippen molar-refractivity contribution >= 4 is 0 Å². The minimum Gasteiger partial charge on any atom is -0.339 e. The molecule has 0 fully saturated rings. The Bertz CT molecular complexity index is 89.4. The van der Waals surface area contributed by atoms with Gasteiger partial charge >= 0.3 is 19.5 Å². The van der Waals surface area contributed by atoms with E-state index in [0.717, 1.165) is 24.0 Å². The van der Waals surface area contributed by atoms with Crippen molar-refractivity contribution in [2.45, 2.75) is 26.7 Å². The van der Waals surface area contributed by atoms with E-state index in [1.165, 1.54) is 0 Å². The van der Waals surface area contributed by atoms with Crippen LogP contribution in [0.25, 0.3) is 0 Å². The molecular weight excluding hydrogens is 185 g/mol. The molecule has 0 bridgehead atoms. The normalized spacial score (nSPS) is 6.91. The molecule has 0 spiro atoms. The van der Waals surface area contributed by atoms with Gasteiger partial charge in [-0.1, -0.05) is 0 Å². The minimum atomic E-state index is 0. The summed E-state index contributed by atoms with van der Waals surface area (Å²) in [5.74, 6) is 0. The third-order valence-corrected chi connectivity index (χ3v) is 0.854. The first-order chi connectivity index (χ1) is 4.54. The van der Waals surface area contributed by atoms with Crippen molar-refractivity contribution in [1.29, 1.82) is 0 Å². The Morgan fingerprint density at radius 3 is 1.09 bits per heavy atom. The molecule has 0 unspecified atom stereocenters. The van der Waals surface area contributed by atoms with Gasteiger partial charge in [0.2, 0.25) is 0 Å². The topological polar surface area (TPSA) is 0 Å². The zero-order chi connectivity index (χ0) is 8.57. The van der Waals surface area contributed by atoms with Crippen LogP contribution >= 0.6 is 0 Å². The Hall–Kier alpha value is 0.103. The van der Waals surface area contributed by atoms with Crippen LogP contribution in [0.15, 0.2) is 24.3 Å². The van der Waals surface area contributed by atoms with Crippen LogP contribution in [-0.2, 0) is 19.5 Å². The van der Waals surface area contributed by atoms with Crippen molar-refractivity contribution < 1.29 is 19.5 Å². The fourth-order valence-electron chi connectivity index (χ4n) is 0. The fourth-order valence-corrected chi connectivity index (χ4v) is 0. The summed E-state index contributed by atoms with van der Waals surface area (Å²) in [7, 11) is 0. The van der Waals surface area contributed by atoms with Crippen molar-refractivity contribution in [3.8, 4) is 0 Å². The molecule has 0 nitrogen and oxygen atoms in total. The molecule has 0 aliphatic rings. The van der Waals surface area contributed by atoms with Gasteiger partial charge in [0.05, 0.1) is 0 Å². The molecule has 0 saturated carbocycles. The second-order valence-electron chi connectivity index (χ2n) is 2.41. The van der Waals surface area contributed by atoms with Gasteiger partial charge in [0.15, 0.2) is 0 Å². The zero-order valence-electron chi connectivity index (χ0n) is 7.95. The largest absolute Gasteiger partial charge is 2.00 e. The van der Waals surface area contributed by atoms with E-state index < -0.39 is 0 Å². The Kier molecular flexibility index (Phi) is 20.0. The van der Waals surface area contributed by atoms with Gasteiger partial charge in [-0.15, -0.1) is 24.3 Å². The van der Waals surface area contributed by atoms with E-state index in [-0.39, 0.29) is 19.5 Å². The van der Waals surface area contributed by atoms with E-state index >= 15 is 0 Å². The van der Waals surface area contributed by atoms with E-state index in [1.807, 2.05) is 13.8 Å². The molecule has 0 aromatic heterocycles. The molecule has 0 aliphatic carbocycles. The first kappa shape index (κ1) is 17.3. The standard InChI is InChI=1S/2C5H9.Zn/c2*1-4-5(2)3;/h2*1-2,4H2,3H3;/q2*-1;+2. The van der Waals surface area contributed by atoms with E-state index in [4.69, 9.17) is 0 Å². The predicted molar refractivity (Wildman–Crippen MR) is 49.6 cm³/mol. The van der Waals surface area contributed by atoms with Crippen LogP contribution in [0.2, 0.25) is 0 Å². The van der Waals surface area contributed by atoms with Crippen molar-refractivity contribution in [1.82, 2.24) is 0 Å². The maximum Gasteiger partial charge on any atom is 2.00 e. The molecule has 0 amide bonds. The molecule has 0 aromatic rings. The molecule has 0 N–H and O–H groups in total. The summed E-state index contributed by atoms with van der Waals surface area (Å²) in [6, 6.07) is 0. The Balaban J connectivity index is -0.000000107. The van der Waals surface area contributed by atoms with Crippen LogP contribution in [-0.4, -0.2) is 0 Å². The van der Waals surface area contributed by atoms with Crippen LogP contribution in [0.4, 0.5) is 0 Å². The van der Waals surface area contributed by atoms with Gasteiger partial charge in [-0.2, -0.15) is 12.8 Å². The van der Waals surface area contributed by atoms with Crippen molar-refractivity contribution in [3.63, 3.8) is 0 Å². The average molecular weight is 204 g/mol. The van der Waals surface area contributed by atoms with Crippen LogP contribution in [0.1, 0.15) is 26.7 Å². The first-order valence-electron chi connectivity index (χ1n) is 3.41. The number of allylic oxidation sites excluding steroid dienone is 2. The Morgan fingerprint density at radius 2 is 1.09 bits per heavy atom. The molecule has 60 valence electrons. The van der Waals surface area contributed by atoms with E-state index in [2.05, 4.69) is 27.0 Å². The van der Waals surface area contributed by atoms with Crippen LogP contribution in [0.3, 0.4) is 0 Å². The molecule has 11 heavy (non-hydrogen) atoms. The second kappa shape index (κ2) is 12.8. The van der Waals surface area contributed by atoms with Gasteiger partial charge in [0, 0.05) is 0 Å². The van der Waals surface area contributed by atoms with Crippen molar-refractivity contribution in [2.24, 2.45) is 0 Å². The summed E-state index contributed by atoms with van der Waals surface area (Å²) in [5, 5.41) is 0. The monoisotopic (exact) mass is 202 g/mol. The quantitative estimate of drug-likeness (QED) is 0.366. The SMILES string of the molecule is C=C(C)C[CH2-].C=C(C)C[CH2-].[Zn+2]. The Morgan fingerprint density at radius 1 is 1.00 bits per heavy atom. The molecule has 0 aromatic carbocycles. The summed E-state index contributed by atoms with van der Waals surface area (Å²) in [5.41, 5.74) is 2.29. The maximum atomic E-state index is 3.61. The van der Waals surface area contributed by atoms with Crippen molar-refractivity contribution in [3.05, 3.63) is 38.2 Å². The smallest absolute Gasteiger partial charge is 0.339 e. The van der Waals surface area contributed by atoms with Crippen molar-refractivity contribution in [2.75, 3.05) is 0 Å². The van der Waals surface area contributed by atoms with Crippen LogP contribution in [0, 0.1) is 13.8 Å². The third-order valence-electron chi connectivity index (χ3n) is 0.854. The third kappa shape index (κ3) is 39.4. The summed E-state index contributed by atoms with van der Waals surface area (Å²) < 4.78 is 0. The number of hydrogen-bond acceptors (Lipinski definition) is 0. The van der Waals surface area contributed by atoms with Crippen LogP contribution in [0.5, 0.6) is 0 Å². The molecule has 0 heterocycles. The molecule has 1 heteroatoms. The summed E-state index contributed by atoms with van der Waals surface area (Å²) in [4.78, 5) is 0. The maximum absolute atomic E-state index is 3.61. The molecule has 0 radical (unpaired) electrons. The molecule has 0 atom stereocenters. The van der Waals surface area contributed by atoms with Crippen LogP contribution < -0.4 is 0 Å². The average Bonchev–Trinajstić information content (AvgIpc) is 1.89. The fraction of sp³-hybridized carbons (Fsp3) is 0.400. The predicted octanol–water partition coefficient (Wildman–Crippen LogP) is 3.57. The molecule has 0 saturated heterocycles. The van der Waals surface area contributed by atoms with E-state index in [0.29, 0.717) is 0 Å². The minimum absolute atomic E-state index is 0. The number of hydrogen-bond donors (Lipinski definition) is 0. The van der Waals surface area contributed by atoms with Gasteiger partial charge in [0.25, 0.3) is 0 Å². The van der Waals surface area contributed by atoms with Gasteiger partial charge in [0.1, 0.15) is 0 Å². The van der Waals surface area contributed by atoms with Gasteiger partial charge < -0.3 is 13.8 Å². The summed E-state index contributed by atoms with van der Waals surface area (Å²) in [6.07, 6.45) is 1.72. The van der Waals surface area contributed by atoms with Gasteiger partial charge in [-0.05, 0) is 13.8 Å². The summed E-state index contributed by atoms with van der Waals surface area (Å²) >= 11 is 0. The Labute approximate surface area is 84.5 Å². The molecule has 0 rings (SSSR count). The number of rotatable bonds is 2. The molecule has 0 aliphatic heterocycles. The second-order valence-corrected chi connectivity index (χ2v) is 2.41. The van der Waals surface area contributed by atoms with E-state index in [9.17, 15) is 0 Å².